The van der Waals surface area contributed by atoms with Gasteiger partial charge < -0.3 is 15.4 Å². The van der Waals surface area contributed by atoms with Crippen LogP contribution in [0, 0.1) is 5.92 Å². The van der Waals surface area contributed by atoms with E-state index < -0.39 is 18.0 Å². The SMILES string of the molecule is COc1ccc(CCN2C(=O)N[C@@H](CC(=O)N[C@H](CC(C)C)c3nnc4ccccn34)C2=O)cc1. The molecule has 0 saturated carbocycles. The van der Waals surface area contributed by atoms with Crippen LogP contribution in [0.2, 0.25) is 0 Å². The van der Waals surface area contributed by atoms with E-state index in [1.54, 1.807) is 7.11 Å². The number of pyridine rings is 1. The van der Waals surface area contributed by atoms with Crippen LogP contribution >= 0.6 is 0 Å². The van der Waals surface area contributed by atoms with Crippen LogP contribution < -0.4 is 15.4 Å². The molecule has 4 amide bonds. The summed E-state index contributed by atoms with van der Waals surface area (Å²) < 4.78 is 6.99. The highest BCUT2D eigenvalue weighted by atomic mass is 16.5. The van der Waals surface area contributed by atoms with E-state index in [0.29, 0.717) is 24.3 Å². The molecule has 2 aromatic heterocycles. The number of fused-ring (bicyclic) bond motifs is 1. The largest absolute Gasteiger partial charge is 0.497 e. The summed E-state index contributed by atoms with van der Waals surface area (Å²) in [5.41, 5.74) is 1.67. The van der Waals surface area contributed by atoms with E-state index in [2.05, 4.69) is 34.7 Å². The molecule has 4 rings (SSSR count). The summed E-state index contributed by atoms with van der Waals surface area (Å²) in [4.78, 5) is 39.4. The van der Waals surface area contributed by atoms with Crippen molar-refractivity contribution in [3.63, 3.8) is 0 Å². The molecule has 184 valence electrons. The standard InChI is InChI=1S/C25H30N6O4/c1-16(2)14-19(23-29-28-21-6-4-5-12-30(21)23)26-22(32)15-20-24(33)31(25(34)27-20)13-11-17-7-9-18(35-3)10-8-17/h4-10,12,16,19-20H,11,13-15H2,1-3H3,(H,26,32)(H,27,34)/t19-,20+/m1/s1. The van der Waals surface area contributed by atoms with Crippen molar-refractivity contribution in [2.75, 3.05) is 13.7 Å². The lowest BCUT2D eigenvalue weighted by Gasteiger charge is -2.20. The normalized spacial score (nSPS) is 16.6. The van der Waals surface area contributed by atoms with Crippen molar-refractivity contribution < 1.29 is 19.1 Å². The van der Waals surface area contributed by atoms with Crippen molar-refractivity contribution in [1.29, 1.82) is 0 Å². The highest BCUT2D eigenvalue weighted by molar-refractivity contribution is 6.05. The lowest BCUT2D eigenvalue weighted by molar-refractivity contribution is -0.131. The summed E-state index contributed by atoms with van der Waals surface area (Å²) in [7, 11) is 1.60. The number of carbonyl (C=O) groups is 3. The predicted molar refractivity (Wildman–Crippen MR) is 129 cm³/mol. The smallest absolute Gasteiger partial charge is 0.324 e. The van der Waals surface area contributed by atoms with Gasteiger partial charge in [0, 0.05) is 12.7 Å². The van der Waals surface area contributed by atoms with Gasteiger partial charge in [-0.25, -0.2) is 4.79 Å². The third-order valence-electron chi connectivity index (χ3n) is 5.97. The number of nitrogens with one attached hydrogen (secondary N) is 2. The minimum Gasteiger partial charge on any atom is -0.497 e. The van der Waals surface area contributed by atoms with Crippen molar-refractivity contribution in [2.24, 2.45) is 5.92 Å². The van der Waals surface area contributed by atoms with Crippen LogP contribution in [0.5, 0.6) is 5.75 Å². The lowest BCUT2D eigenvalue weighted by Crippen LogP contribution is -2.38. The Morgan fingerprint density at radius 1 is 1.14 bits per heavy atom. The first-order chi connectivity index (χ1) is 16.9. The van der Waals surface area contributed by atoms with E-state index in [4.69, 9.17) is 4.74 Å². The monoisotopic (exact) mass is 478 g/mol. The Balaban J connectivity index is 1.38. The van der Waals surface area contributed by atoms with Crippen molar-refractivity contribution in [3.8, 4) is 5.75 Å². The fourth-order valence-electron chi connectivity index (χ4n) is 4.20. The number of benzene rings is 1. The number of hydrogen-bond acceptors (Lipinski definition) is 6. The predicted octanol–water partition coefficient (Wildman–Crippen LogP) is 2.49. The van der Waals surface area contributed by atoms with E-state index in [9.17, 15) is 14.4 Å². The maximum atomic E-state index is 12.9. The van der Waals surface area contributed by atoms with E-state index in [1.165, 1.54) is 4.90 Å². The van der Waals surface area contributed by atoms with Gasteiger partial charge in [-0.2, -0.15) is 0 Å². The van der Waals surface area contributed by atoms with E-state index in [0.717, 1.165) is 11.3 Å². The molecule has 0 radical (unpaired) electrons. The Kier molecular flexibility index (Phi) is 7.28. The molecule has 1 aliphatic heterocycles. The molecule has 0 aliphatic carbocycles. The molecular weight excluding hydrogens is 448 g/mol. The zero-order chi connectivity index (χ0) is 24.9. The van der Waals surface area contributed by atoms with Crippen molar-refractivity contribution in [1.82, 2.24) is 30.1 Å². The second-order valence-electron chi connectivity index (χ2n) is 9.03. The first-order valence-corrected chi connectivity index (χ1v) is 11.7. The van der Waals surface area contributed by atoms with Crippen LogP contribution in [0.25, 0.3) is 5.65 Å². The van der Waals surface area contributed by atoms with Crippen LogP contribution in [0.15, 0.2) is 48.7 Å². The molecule has 2 atom stereocenters. The number of carbonyl (C=O) groups excluding carboxylic acids is 3. The number of aromatic nitrogens is 3. The van der Waals surface area contributed by atoms with Gasteiger partial charge in [-0.1, -0.05) is 32.0 Å². The molecule has 0 bridgehead atoms. The molecule has 1 saturated heterocycles. The van der Waals surface area contributed by atoms with Crippen molar-refractivity contribution >= 4 is 23.5 Å². The Bertz CT molecular complexity index is 1210. The number of methoxy groups -OCH3 is 1. The Morgan fingerprint density at radius 2 is 1.91 bits per heavy atom. The minimum atomic E-state index is -0.895. The quantitative estimate of drug-likeness (QED) is 0.432. The zero-order valence-electron chi connectivity index (χ0n) is 20.1. The number of imide groups is 1. The van der Waals surface area contributed by atoms with E-state index in [-0.39, 0.29) is 30.8 Å². The van der Waals surface area contributed by atoms with Crippen LogP contribution in [0.1, 0.15) is 44.1 Å². The summed E-state index contributed by atoms with van der Waals surface area (Å²) >= 11 is 0. The number of hydrogen-bond donors (Lipinski definition) is 2. The summed E-state index contributed by atoms with van der Waals surface area (Å²) in [5.74, 6) is 0.930. The molecular formula is C25H30N6O4. The molecule has 3 aromatic rings. The zero-order valence-corrected chi connectivity index (χ0v) is 20.1. The van der Waals surface area contributed by atoms with Crippen LogP contribution in [-0.2, 0) is 16.0 Å². The van der Waals surface area contributed by atoms with Gasteiger partial charge in [0.1, 0.15) is 11.8 Å². The number of amides is 4. The molecule has 2 N–H and O–H groups in total. The highest BCUT2D eigenvalue weighted by Gasteiger charge is 2.39. The number of rotatable bonds is 10. The first kappa shape index (κ1) is 24.2. The first-order valence-electron chi connectivity index (χ1n) is 11.7. The third-order valence-corrected chi connectivity index (χ3v) is 5.97. The summed E-state index contributed by atoms with van der Waals surface area (Å²) in [6.45, 7) is 4.35. The number of nitrogens with zero attached hydrogens (tertiary/aromatic N) is 4. The van der Waals surface area contributed by atoms with Gasteiger partial charge in [-0.05, 0) is 48.6 Å². The van der Waals surface area contributed by atoms with Crippen molar-refractivity contribution in [2.45, 2.75) is 45.2 Å². The third kappa shape index (κ3) is 5.59. The molecule has 1 fully saturated rings. The van der Waals surface area contributed by atoms with Gasteiger partial charge >= 0.3 is 6.03 Å². The highest BCUT2D eigenvalue weighted by Crippen LogP contribution is 2.21. The fourth-order valence-corrected chi connectivity index (χ4v) is 4.20. The van der Waals surface area contributed by atoms with Gasteiger partial charge in [-0.3, -0.25) is 18.9 Å². The van der Waals surface area contributed by atoms with Crippen LogP contribution in [0.3, 0.4) is 0 Å². The summed E-state index contributed by atoms with van der Waals surface area (Å²) in [5, 5.41) is 14.1. The Morgan fingerprint density at radius 3 is 2.63 bits per heavy atom. The molecule has 1 aromatic carbocycles. The lowest BCUT2D eigenvalue weighted by atomic mass is 10.0. The van der Waals surface area contributed by atoms with Gasteiger partial charge in [0.2, 0.25) is 5.91 Å². The summed E-state index contributed by atoms with van der Waals surface area (Å²) in [6, 6.07) is 11.3. The number of urea groups is 1. The van der Waals surface area contributed by atoms with Crippen molar-refractivity contribution in [3.05, 3.63) is 60.0 Å². The average molecular weight is 479 g/mol. The molecule has 10 nitrogen and oxygen atoms in total. The fraction of sp³-hybridized carbons (Fsp3) is 0.400. The van der Waals surface area contributed by atoms with Gasteiger partial charge in [0.15, 0.2) is 11.5 Å². The Labute approximate surface area is 203 Å². The Hall–Kier alpha value is -3.95. The van der Waals surface area contributed by atoms with Gasteiger partial charge in [-0.15, -0.1) is 10.2 Å². The molecule has 3 heterocycles. The molecule has 10 heteroatoms. The van der Waals surface area contributed by atoms with E-state index >= 15 is 0 Å². The molecule has 35 heavy (non-hydrogen) atoms. The van der Waals surface area contributed by atoms with Crippen LogP contribution in [-0.4, -0.2) is 57.0 Å². The van der Waals surface area contributed by atoms with Gasteiger partial charge in [0.05, 0.1) is 19.6 Å². The summed E-state index contributed by atoms with van der Waals surface area (Å²) in [6.07, 6.45) is 2.87. The van der Waals surface area contributed by atoms with E-state index in [1.807, 2.05) is 53.1 Å². The van der Waals surface area contributed by atoms with Gasteiger partial charge in [0.25, 0.3) is 5.91 Å². The maximum absolute atomic E-state index is 12.9. The minimum absolute atomic E-state index is 0.144. The topological polar surface area (TPSA) is 118 Å². The molecule has 1 aliphatic rings. The average Bonchev–Trinajstić information content (AvgIpc) is 3.38. The maximum Gasteiger partial charge on any atom is 0.324 e. The van der Waals surface area contributed by atoms with Crippen LogP contribution in [0.4, 0.5) is 4.79 Å². The second kappa shape index (κ2) is 10.5. The molecule has 0 unspecified atom stereocenters. The molecule has 0 spiro atoms. The number of ether oxygens (including phenoxy) is 1. The second-order valence-corrected chi connectivity index (χ2v) is 9.03.